The largest absolute Gasteiger partial charge is 0.415 e. The van der Waals surface area contributed by atoms with Gasteiger partial charge in [-0.25, -0.2) is 0 Å². The Kier molecular flexibility index (Phi) is 4.78. The average Bonchev–Trinajstić information content (AvgIpc) is 3.06. The third-order valence-corrected chi connectivity index (χ3v) is 2.87. The first kappa shape index (κ1) is 15.7. The molecule has 0 aliphatic heterocycles. The van der Waals surface area contributed by atoms with Gasteiger partial charge in [-0.3, -0.25) is 9.59 Å². The molecule has 4 N–H and O–H groups in total. The zero-order chi connectivity index (χ0) is 14.7. The van der Waals surface area contributed by atoms with Crippen molar-refractivity contribution < 1.29 is 22.8 Å². The minimum Gasteiger partial charge on any atom is -0.354 e. The van der Waals surface area contributed by atoms with E-state index in [0.29, 0.717) is 6.92 Å². The third-order valence-electron chi connectivity index (χ3n) is 2.87. The van der Waals surface area contributed by atoms with Crippen LogP contribution in [0.1, 0.15) is 32.6 Å². The van der Waals surface area contributed by atoms with Gasteiger partial charge in [0, 0.05) is 19.0 Å². The fourth-order valence-corrected chi connectivity index (χ4v) is 1.29. The van der Waals surface area contributed by atoms with Gasteiger partial charge in [0.25, 0.3) is 0 Å². The molecule has 1 aliphatic rings. The number of amides is 2. The molecule has 1 fully saturated rings. The summed E-state index contributed by atoms with van der Waals surface area (Å²) in [7, 11) is 0. The van der Waals surface area contributed by atoms with Crippen molar-refractivity contribution in [1.29, 1.82) is 0 Å². The molecular formula is C11H18F3N3O2. The molecule has 19 heavy (non-hydrogen) atoms. The number of halogens is 3. The fraction of sp³-hybridized carbons (Fsp3) is 0.818. The molecule has 1 unspecified atom stereocenters. The van der Waals surface area contributed by atoms with Crippen LogP contribution >= 0.6 is 0 Å². The number of carbonyl (C=O) groups is 2. The molecule has 0 heterocycles. The van der Waals surface area contributed by atoms with Crippen LogP contribution in [-0.2, 0) is 9.59 Å². The molecule has 8 heteroatoms. The first-order valence-corrected chi connectivity index (χ1v) is 6.08. The number of hydrogen-bond acceptors (Lipinski definition) is 3. The van der Waals surface area contributed by atoms with E-state index >= 15 is 0 Å². The van der Waals surface area contributed by atoms with E-state index < -0.39 is 17.6 Å². The van der Waals surface area contributed by atoms with E-state index in [1.54, 1.807) is 0 Å². The second kappa shape index (κ2) is 5.77. The van der Waals surface area contributed by atoms with Crippen LogP contribution in [0.4, 0.5) is 13.2 Å². The Hall–Kier alpha value is -1.31. The fourth-order valence-electron chi connectivity index (χ4n) is 1.29. The van der Waals surface area contributed by atoms with Crippen LogP contribution in [0, 0.1) is 0 Å². The second-order valence-corrected chi connectivity index (χ2v) is 4.90. The Bertz CT molecular complexity index is 352. The van der Waals surface area contributed by atoms with Gasteiger partial charge in [-0.15, -0.1) is 0 Å². The lowest BCUT2D eigenvalue weighted by Crippen LogP contribution is -2.61. The first-order chi connectivity index (χ1) is 8.64. The quantitative estimate of drug-likeness (QED) is 0.618. The van der Waals surface area contributed by atoms with Gasteiger partial charge in [0.15, 0.2) is 5.54 Å². The van der Waals surface area contributed by atoms with Gasteiger partial charge in [0.1, 0.15) is 0 Å². The number of nitrogens with one attached hydrogen (secondary N) is 2. The smallest absolute Gasteiger partial charge is 0.354 e. The van der Waals surface area contributed by atoms with Crippen LogP contribution in [0.25, 0.3) is 0 Å². The molecule has 0 radical (unpaired) electrons. The summed E-state index contributed by atoms with van der Waals surface area (Å²) >= 11 is 0. The average molecular weight is 281 g/mol. The molecule has 0 saturated heterocycles. The van der Waals surface area contributed by atoms with Crippen molar-refractivity contribution in [3.8, 4) is 0 Å². The highest BCUT2D eigenvalue weighted by molar-refractivity contribution is 5.86. The van der Waals surface area contributed by atoms with Crippen LogP contribution in [0.2, 0.25) is 0 Å². The lowest BCUT2D eigenvalue weighted by molar-refractivity contribution is -0.187. The van der Waals surface area contributed by atoms with Crippen molar-refractivity contribution in [3.05, 3.63) is 0 Å². The summed E-state index contributed by atoms with van der Waals surface area (Å²) in [5.41, 5.74) is 2.02. The number of carbonyl (C=O) groups excluding carboxylic acids is 2. The molecule has 5 nitrogen and oxygen atoms in total. The summed E-state index contributed by atoms with van der Waals surface area (Å²) in [6.07, 6.45) is -2.41. The SMILES string of the molecule is CC(N)(C(=O)NCCCC(=O)NC1CC1)C(F)(F)F. The Morgan fingerprint density at radius 1 is 1.32 bits per heavy atom. The van der Waals surface area contributed by atoms with E-state index in [2.05, 4.69) is 10.6 Å². The van der Waals surface area contributed by atoms with Crippen LogP contribution < -0.4 is 16.4 Å². The number of alkyl halides is 3. The van der Waals surface area contributed by atoms with Crippen molar-refractivity contribution in [1.82, 2.24) is 10.6 Å². The maximum Gasteiger partial charge on any atom is 0.415 e. The zero-order valence-electron chi connectivity index (χ0n) is 10.6. The Morgan fingerprint density at radius 3 is 2.37 bits per heavy atom. The minimum absolute atomic E-state index is 0.0141. The lowest BCUT2D eigenvalue weighted by atomic mass is 10.0. The van der Waals surface area contributed by atoms with Gasteiger partial charge >= 0.3 is 6.18 Å². The maximum atomic E-state index is 12.4. The van der Waals surface area contributed by atoms with Crippen LogP contribution in [0.3, 0.4) is 0 Å². The van der Waals surface area contributed by atoms with E-state index in [9.17, 15) is 22.8 Å². The molecule has 1 aliphatic carbocycles. The molecule has 0 aromatic rings. The number of nitrogens with two attached hydrogens (primary N) is 1. The van der Waals surface area contributed by atoms with Crippen molar-refractivity contribution in [2.45, 2.75) is 50.4 Å². The van der Waals surface area contributed by atoms with Gasteiger partial charge in [-0.2, -0.15) is 13.2 Å². The van der Waals surface area contributed by atoms with Gasteiger partial charge in [0.05, 0.1) is 0 Å². The van der Waals surface area contributed by atoms with Gasteiger partial charge in [-0.1, -0.05) is 0 Å². The van der Waals surface area contributed by atoms with E-state index in [1.165, 1.54) is 0 Å². The van der Waals surface area contributed by atoms with E-state index in [-0.39, 0.29) is 31.3 Å². The van der Waals surface area contributed by atoms with E-state index in [4.69, 9.17) is 5.73 Å². The Morgan fingerprint density at radius 2 is 1.89 bits per heavy atom. The predicted molar refractivity (Wildman–Crippen MR) is 62.1 cm³/mol. The molecule has 0 aromatic heterocycles. The van der Waals surface area contributed by atoms with Gasteiger partial charge in [0.2, 0.25) is 11.8 Å². The molecule has 0 bridgehead atoms. The van der Waals surface area contributed by atoms with Crippen molar-refractivity contribution in [2.24, 2.45) is 5.73 Å². The number of hydrogen-bond donors (Lipinski definition) is 3. The highest BCUT2D eigenvalue weighted by atomic mass is 19.4. The summed E-state index contributed by atoms with van der Waals surface area (Å²) in [6.45, 7) is 0.599. The van der Waals surface area contributed by atoms with Crippen LogP contribution in [0.5, 0.6) is 0 Å². The lowest BCUT2D eigenvalue weighted by Gasteiger charge is -2.26. The highest BCUT2D eigenvalue weighted by Gasteiger charge is 2.53. The summed E-state index contributed by atoms with van der Waals surface area (Å²) in [5, 5.41) is 4.83. The molecule has 0 aromatic carbocycles. The van der Waals surface area contributed by atoms with Crippen LogP contribution in [0.15, 0.2) is 0 Å². The van der Waals surface area contributed by atoms with E-state index in [0.717, 1.165) is 12.8 Å². The molecule has 0 spiro atoms. The Labute approximate surface area is 109 Å². The van der Waals surface area contributed by atoms with Gasteiger partial charge in [-0.05, 0) is 26.2 Å². The third kappa shape index (κ3) is 4.70. The van der Waals surface area contributed by atoms with Crippen molar-refractivity contribution >= 4 is 11.8 Å². The standard InChI is InChI=1S/C11H18F3N3O2/c1-10(15,11(12,13)14)9(19)16-6-2-3-8(18)17-7-4-5-7/h7H,2-6,15H2,1H3,(H,16,19)(H,17,18). The molecule has 110 valence electrons. The highest BCUT2D eigenvalue weighted by Crippen LogP contribution is 2.27. The molecular weight excluding hydrogens is 263 g/mol. The molecule has 2 amide bonds. The maximum absolute atomic E-state index is 12.4. The monoisotopic (exact) mass is 281 g/mol. The summed E-state index contributed by atoms with van der Waals surface area (Å²) < 4.78 is 37.3. The minimum atomic E-state index is -4.81. The topological polar surface area (TPSA) is 84.2 Å². The zero-order valence-corrected chi connectivity index (χ0v) is 10.6. The van der Waals surface area contributed by atoms with Crippen molar-refractivity contribution in [2.75, 3.05) is 6.54 Å². The van der Waals surface area contributed by atoms with Crippen molar-refractivity contribution in [3.63, 3.8) is 0 Å². The Balaban J connectivity index is 2.21. The van der Waals surface area contributed by atoms with Crippen LogP contribution in [-0.4, -0.2) is 36.1 Å². The number of rotatable bonds is 6. The second-order valence-electron chi connectivity index (χ2n) is 4.90. The normalized spacial score (nSPS) is 18.6. The molecule has 1 saturated carbocycles. The summed E-state index contributed by atoms with van der Waals surface area (Å²) in [6, 6.07) is 0.250. The van der Waals surface area contributed by atoms with Gasteiger partial charge < -0.3 is 16.4 Å². The molecule has 1 rings (SSSR count). The molecule has 1 atom stereocenters. The summed E-state index contributed by atoms with van der Waals surface area (Å²) in [5.74, 6) is -1.44. The first-order valence-electron chi connectivity index (χ1n) is 6.08. The van der Waals surface area contributed by atoms with E-state index in [1.807, 2.05) is 0 Å². The predicted octanol–water partition coefficient (Wildman–Crippen LogP) is 0.441. The summed E-state index contributed by atoms with van der Waals surface area (Å²) in [4.78, 5) is 22.6.